The maximum Gasteiger partial charge on any atom is 0.344 e. The van der Waals surface area contributed by atoms with Crippen LogP contribution >= 0.6 is 0 Å². The molecule has 7 nitrogen and oxygen atoms in total. The number of ether oxygens (including phenoxy) is 2. The van der Waals surface area contributed by atoms with Gasteiger partial charge in [0, 0.05) is 6.07 Å². The van der Waals surface area contributed by atoms with E-state index in [-0.39, 0.29) is 11.4 Å². The van der Waals surface area contributed by atoms with Crippen molar-refractivity contribution in [2.24, 2.45) is 0 Å². The fourth-order valence-corrected chi connectivity index (χ4v) is 4.17. The number of benzene rings is 2. The molecule has 7 heteroatoms. The minimum atomic E-state index is -0.472. The van der Waals surface area contributed by atoms with Gasteiger partial charge >= 0.3 is 5.97 Å². The number of carbonyl (C=O) groups excluding carboxylic acids is 1. The van der Waals surface area contributed by atoms with Crippen molar-refractivity contribution in [3.05, 3.63) is 54.1 Å². The van der Waals surface area contributed by atoms with Crippen LogP contribution in [0.1, 0.15) is 62.2 Å². The van der Waals surface area contributed by atoms with E-state index in [1.807, 2.05) is 48.5 Å². The van der Waals surface area contributed by atoms with Crippen LogP contribution in [0, 0.1) is 0 Å². The van der Waals surface area contributed by atoms with Crippen molar-refractivity contribution in [1.82, 2.24) is 14.5 Å². The molecule has 4 rings (SSSR count). The number of nitrogens with zero attached hydrogens (tertiary/aromatic N) is 3. The lowest BCUT2D eigenvalue weighted by atomic mass is 10.1. The Morgan fingerprint density at radius 3 is 2.38 bits per heavy atom. The average Bonchev–Trinajstić information content (AvgIpc) is 3.14. The van der Waals surface area contributed by atoms with Gasteiger partial charge in [-0.25, -0.2) is 14.8 Å². The number of esters is 1. The highest BCUT2D eigenvalue weighted by Gasteiger charge is 2.26. The van der Waals surface area contributed by atoms with Gasteiger partial charge in [-0.05, 0) is 30.7 Å². The molecular weight excluding hydrogens is 428 g/mol. The Bertz CT molecular complexity index is 1280. The molecule has 0 fully saturated rings. The topological polar surface area (TPSA) is 92.3 Å². The zero-order chi connectivity index (χ0) is 23.9. The normalized spacial score (nSPS) is 11.2. The van der Waals surface area contributed by atoms with Crippen molar-refractivity contribution in [2.75, 3.05) is 19.5 Å². The number of hydrogen-bond donors (Lipinski definition) is 1. The highest BCUT2D eigenvalue weighted by Crippen LogP contribution is 2.32. The highest BCUT2D eigenvalue weighted by atomic mass is 16.5. The predicted molar refractivity (Wildman–Crippen MR) is 136 cm³/mol. The average molecular weight is 461 g/mol. The number of carbonyl (C=O) groups is 1. The third-order valence-corrected chi connectivity index (χ3v) is 5.99. The van der Waals surface area contributed by atoms with Gasteiger partial charge in [0.2, 0.25) is 0 Å². The van der Waals surface area contributed by atoms with Crippen LogP contribution in [0.4, 0.5) is 5.82 Å². The summed E-state index contributed by atoms with van der Waals surface area (Å²) in [4.78, 5) is 22.7. The third kappa shape index (κ3) is 4.98. The van der Waals surface area contributed by atoms with E-state index in [1.54, 1.807) is 11.7 Å². The second-order valence-corrected chi connectivity index (χ2v) is 8.44. The van der Waals surface area contributed by atoms with E-state index in [0.29, 0.717) is 29.0 Å². The molecular formula is C27H32N4O3. The Balaban J connectivity index is 1.64. The van der Waals surface area contributed by atoms with Gasteiger partial charge in [-0.15, -0.1) is 0 Å². The van der Waals surface area contributed by atoms with Gasteiger partial charge in [0.15, 0.2) is 5.65 Å². The molecule has 0 atom stereocenters. The predicted octanol–water partition coefficient (Wildman–Crippen LogP) is 6.07. The summed E-state index contributed by atoms with van der Waals surface area (Å²) in [5, 5.41) is 0. The molecule has 0 saturated carbocycles. The molecule has 0 saturated heterocycles. The maximum absolute atomic E-state index is 13.1. The molecule has 2 aromatic carbocycles. The Kier molecular flexibility index (Phi) is 7.62. The first-order chi connectivity index (χ1) is 16.6. The highest BCUT2D eigenvalue weighted by molar-refractivity contribution is 6.09. The lowest BCUT2D eigenvalue weighted by Crippen LogP contribution is -2.10. The molecule has 0 spiro atoms. The van der Waals surface area contributed by atoms with Crippen LogP contribution in [0.25, 0.3) is 27.9 Å². The Morgan fingerprint density at radius 1 is 0.941 bits per heavy atom. The van der Waals surface area contributed by atoms with Crippen molar-refractivity contribution < 1.29 is 14.3 Å². The van der Waals surface area contributed by atoms with Crippen molar-refractivity contribution in [2.45, 2.75) is 51.9 Å². The summed E-state index contributed by atoms with van der Waals surface area (Å²) >= 11 is 0. The molecule has 2 N–H and O–H groups in total. The molecule has 34 heavy (non-hydrogen) atoms. The summed E-state index contributed by atoms with van der Waals surface area (Å²) in [5.41, 5.74) is 9.88. The van der Waals surface area contributed by atoms with E-state index in [0.717, 1.165) is 30.5 Å². The number of unbranched alkanes of at least 4 members (excludes halogenated alkanes) is 6. The molecule has 4 aromatic rings. The number of para-hydroxylation sites is 2. The van der Waals surface area contributed by atoms with E-state index in [4.69, 9.17) is 25.2 Å². The minimum absolute atomic E-state index is 0.249. The monoisotopic (exact) mass is 460 g/mol. The number of rotatable bonds is 11. The van der Waals surface area contributed by atoms with Gasteiger partial charge in [-0.2, -0.15) is 0 Å². The fraction of sp³-hybridized carbons (Fsp3) is 0.370. The molecule has 0 bridgehead atoms. The quantitative estimate of drug-likeness (QED) is 0.216. The molecule has 0 aliphatic rings. The first kappa shape index (κ1) is 23.5. The molecule has 2 heterocycles. The van der Waals surface area contributed by atoms with Crippen LogP contribution in [0.2, 0.25) is 0 Å². The SMILES string of the molecule is CCCCCCCCCOC(=O)c1c(N)n(-c2cccc(OC)c2)c2nc3ccccc3nc12. The molecule has 0 aliphatic carbocycles. The summed E-state index contributed by atoms with van der Waals surface area (Å²) in [6, 6.07) is 15.0. The van der Waals surface area contributed by atoms with Crippen molar-refractivity contribution in [1.29, 1.82) is 0 Å². The maximum atomic E-state index is 13.1. The standard InChI is InChI=1S/C27H32N4O3/c1-3-4-5-6-7-8-11-17-34-27(32)23-24-26(30-22-16-10-9-15-21(22)29-24)31(25(23)28)19-13-12-14-20(18-19)33-2/h9-10,12-16,18H,3-8,11,17,28H2,1-2H3. The van der Waals surface area contributed by atoms with E-state index in [2.05, 4.69) is 6.92 Å². The lowest BCUT2D eigenvalue weighted by Gasteiger charge is -2.09. The number of aromatic nitrogens is 3. The Morgan fingerprint density at radius 2 is 1.65 bits per heavy atom. The van der Waals surface area contributed by atoms with E-state index >= 15 is 0 Å². The number of methoxy groups -OCH3 is 1. The Labute approximate surface area is 199 Å². The summed E-state index contributed by atoms with van der Waals surface area (Å²) in [5.74, 6) is 0.457. The van der Waals surface area contributed by atoms with Crippen LogP contribution in [0.3, 0.4) is 0 Å². The largest absolute Gasteiger partial charge is 0.497 e. The van der Waals surface area contributed by atoms with Gasteiger partial charge in [0.25, 0.3) is 0 Å². The van der Waals surface area contributed by atoms with Crippen molar-refractivity contribution >= 4 is 34.0 Å². The first-order valence-electron chi connectivity index (χ1n) is 12.0. The third-order valence-electron chi connectivity index (χ3n) is 5.99. The molecule has 0 radical (unpaired) electrons. The van der Waals surface area contributed by atoms with Gasteiger partial charge in [-0.1, -0.05) is 63.6 Å². The summed E-state index contributed by atoms with van der Waals surface area (Å²) in [6.45, 7) is 2.57. The zero-order valence-corrected chi connectivity index (χ0v) is 19.9. The number of anilines is 1. The summed E-state index contributed by atoms with van der Waals surface area (Å²) in [6.07, 6.45) is 8.05. The summed E-state index contributed by atoms with van der Waals surface area (Å²) in [7, 11) is 1.61. The van der Waals surface area contributed by atoms with Crippen LogP contribution in [-0.4, -0.2) is 34.2 Å². The van der Waals surface area contributed by atoms with Crippen molar-refractivity contribution in [3.8, 4) is 11.4 Å². The summed E-state index contributed by atoms with van der Waals surface area (Å²) < 4.78 is 12.7. The minimum Gasteiger partial charge on any atom is -0.497 e. The number of nitrogen functional groups attached to an aromatic ring is 1. The van der Waals surface area contributed by atoms with E-state index in [1.165, 1.54) is 25.7 Å². The van der Waals surface area contributed by atoms with Crippen LogP contribution < -0.4 is 10.5 Å². The van der Waals surface area contributed by atoms with Crippen molar-refractivity contribution in [3.63, 3.8) is 0 Å². The molecule has 178 valence electrons. The van der Waals surface area contributed by atoms with Crippen LogP contribution in [-0.2, 0) is 4.74 Å². The number of hydrogen-bond acceptors (Lipinski definition) is 6. The van der Waals surface area contributed by atoms with Gasteiger partial charge in [0.05, 0.1) is 30.4 Å². The van der Waals surface area contributed by atoms with E-state index < -0.39 is 5.97 Å². The first-order valence-corrected chi connectivity index (χ1v) is 12.0. The van der Waals surface area contributed by atoms with Gasteiger partial charge < -0.3 is 15.2 Å². The molecule has 0 unspecified atom stereocenters. The lowest BCUT2D eigenvalue weighted by molar-refractivity contribution is 0.0501. The second kappa shape index (κ2) is 11.0. The number of fused-ring (bicyclic) bond motifs is 2. The molecule has 0 amide bonds. The van der Waals surface area contributed by atoms with E-state index in [9.17, 15) is 4.79 Å². The van der Waals surface area contributed by atoms with Crippen LogP contribution in [0.5, 0.6) is 5.75 Å². The fourth-order valence-electron chi connectivity index (χ4n) is 4.17. The van der Waals surface area contributed by atoms with Crippen LogP contribution in [0.15, 0.2) is 48.5 Å². The Hall–Kier alpha value is -3.61. The smallest absolute Gasteiger partial charge is 0.344 e. The second-order valence-electron chi connectivity index (χ2n) is 8.44. The van der Waals surface area contributed by atoms with Gasteiger partial charge in [0.1, 0.15) is 22.6 Å². The van der Waals surface area contributed by atoms with Gasteiger partial charge in [-0.3, -0.25) is 4.57 Å². The number of nitrogens with two attached hydrogens (primary N) is 1. The molecule has 0 aliphatic heterocycles. The zero-order valence-electron chi connectivity index (χ0n) is 19.9. The molecule has 2 aromatic heterocycles.